The van der Waals surface area contributed by atoms with Gasteiger partial charge in [-0.05, 0) is 0 Å². The smallest absolute Gasteiger partial charge is 0.227 e. The molecule has 0 atom stereocenters. The molecule has 0 spiro atoms. The van der Waals surface area contributed by atoms with E-state index >= 15 is 0 Å². The van der Waals surface area contributed by atoms with Crippen LogP contribution in [0.3, 0.4) is 0 Å². The Labute approximate surface area is 70.4 Å². The number of amides is 1. The average Bonchev–Trinajstić information content (AvgIpc) is 1.78. The zero-order valence-corrected chi connectivity index (χ0v) is 7.87. The Bertz CT molecular complexity index is 222. The summed E-state index contributed by atoms with van der Waals surface area (Å²) in [6.07, 6.45) is 1.16. The first-order valence-corrected chi connectivity index (χ1v) is 6.17. The monoisotopic (exact) mass is 197 g/mol. The van der Waals surface area contributed by atoms with Crippen molar-refractivity contribution in [1.82, 2.24) is 0 Å². The van der Waals surface area contributed by atoms with E-state index in [1.54, 1.807) is 0 Å². The summed E-state index contributed by atoms with van der Waals surface area (Å²) in [4.78, 5) is 10.2. The second-order valence-corrected chi connectivity index (χ2v) is 5.51. The molecule has 0 fully saturated rings. The van der Waals surface area contributed by atoms with Crippen molar-refractivity contribution >= 4 is 27.5 Å². The van der Waals surface area contributed by atoms with Crippen LogP contribution < -0.4 is 5.73 Å². The van der Waals surface area contributed by atoms with E-state index in [2.05, 4.69) is 0 Å². The van der Waals surface area contributed by atoms with E-state index in [0.29, 0.717) is 5.75 Å². The molecule has 2 N–H and O–H groups in total. The third-order valence-corrected chi connectivity index (χ3v) is 3.03. The number of hydrogen-bond acceptors (Lipinski definition) is 4. The highest BCUT2D eigenvalue weighted by molar-refractivity contribution is 8.01. The largest absolute Gasteiger partial charge is 0.369 e. The van der Waals surface area contributed by atoms with Crippen LogP contribution in [0.15, 0.2) is 0 Å². The fourth-order valence-electron chi connectivity index (χ4n) is 0.383. The maximum atomic E-state index is 10.5. The molecule has 0 bridgehead atoms. The minimum absolute atomic E-state index is 0.102. The van der Waals surface area contributed by atoms with Gasteiger partial charge in [-0.2, -0.15) is 11.8 Å². The van der Waals surface area contributed by atoms with Crippen molar-refractivity contribution in [2.24, 2.45) is 5.73 Å². The number of nitrogens with two attached hydrogens (primary N) is 1. The van der Waals surface area contributed by atoms with Crippen molar-refractivity contribution in [3.05, 3.63) is 0 Å². The van der Waals surface area contributed by atoms with Gasteiger partial charge in [0, 0.05) is 12.0 Å². The molecule has 0 rings (SSSR count). The topological polar surface area (TPSA) is 77.2 Å². The zero-order valence-electron chi connectivity index (χ0n) is 6.24. The summed E-state index contributed by atoms with van der Waals surface area (Å²) in [5.74, 6) is 0.311. The molecule has 1 amide bonds. The molecule has 0 aromatic rings. The normalized spacial score (nSPS) is 11.4. The van der Waals surface area contributed by atoms with Crippen molar-refractivity contribution in [3.8, 4) is 0 Å². The second-order valence-electron chi connectivity index (χ2n) is 2.15. The van der Waals surface area contributed by atoms with Gasteiger partial charge in [-0.1, -0.05) is 0 Å². The van der Waals surface area contributed by atoms with Gasteiger partial charge in [-0.15, -0.1) is 0 Å². The Kier molecular flexibility index (Phi) is 4.51. The SMILES string of the molecule is CS(=O)(=O)CCSCC(N)=O. The summed E-state index contributed by atoms with van der Waals surface area (Å²) in [5, 5.41) is 0. The lowest BCUT2D eigenvalue weighted by Crippen LogP contribution is -2.15. The minimum atomic E-state index is -2.90. The molecule has 0 unspecified atom stereocenters. The molecule has 66 valence electrons. The molecule has 0 aliphatic carbocycles. The number of hydrogen-bond donors (Lipinski definition) is 1. The van der Waals surface area contributed by atoms with Gasteiger partial charge in [0.2, 0.25) is 5.91 Å². The third-order valence-electron chi connectivity index (χ3n) is 0.843. The fourth-order valence-corrected chi connectivity index (χ4v) is 2.41. The second kappa shape index (κ2) is 4.61. The quantitative estimate of drug-likeness (QED) is 0.588. The molecule has 11 heavy (non-hydrogen) atoms. The van der Waals surface area contributed by atoms with Crippen molar-refractivity contribution in [3.63, 3.8) is 0 Å². The van der Waals surface area contributed by atoms with E-state index < -0.39 is 15.7 Å². The van der Waals surface area contributed by atoms with Crippen LogP contribution in [0.2, 0.25) is 0 Å². The summed E-state index contributed by atoms with van der Waals surface area (Å²) < 4.78 is 21.1. The molecule has 4 nitrogen and oxygen atoms in total. The van der Waals surface area contributed by atoms with Gasteiger partial charge in [-0.25, -0.2) is 8.42 Å². The number of thioether (sulfide) groups is 1. The first kappa shape index (κ1) is 10.8. The Balaban J connectivity index is 3.37. The lowest BCUT2D eigenvalue weighted by atomic mass is 10.8. The van der Waals surface area contributed by atoms with Gasteiger partial charge in [0.25, 0.3) is 0 Å². The van der Waals surface area contributed by atoms with E-state index in [9.17, 15) is 13.2 Å². The Hall–Kier alpha value is -0.230. The fraction of sp³-hybridized carbons (Fsp3) is 0.800. The lowest BCUT2D eigenvalue weighted by molar-refractivity contribution is -0.115. The molecule has 0 heterocycles. The Morgan fingerprint density at radius 2 is 2.09 bits per heavy atom. The van der Waals surface area contributed by atoms with Crippen LogP contribution in [0.1, 0.15) is 0 Å². The molecule has 0 aliphatic heterocycles. The van der Waals surface area contributed by atoms with E-state index in [-0.39, 0.29) is 11.5 Å². The summed E-state index contributed by atoms with van der Waals surface area (Å²) in [6.45, 7) is 0. The predicted octanol–water partition coefficient (Wildman–Crippen LogP) is -0.751. The minimum Gasteiger partial charge on any atom is -0.369 e. The first-order chi connectivity index (χ1) is 4.92. The number of primary amides is 1. The molecule has 0 aliphatic rings. The third kappa shape index (κ3) is 9.77. The molecule has 0 radical (unpaired) electrons. The summed E-state index contributed by atoms with van der Waals surface area (Å²) in [5.41, 5.74) is 4.83. The van der Waals surface area contributed by atoms with Gasteiger partial charge in [0.05, 0.1) is 11.5 Å². The van der Waals surface area contributed by atoms with Crippen LogP contribution in [0.25, 0.3) is 0 Å². The summed E-state index contributed by atoms with van der Waals surface area (Å²) in [7, 11) is -2.90. The number of carbonyl (C=O) groups excluding carboxylic acids is 1. The van der Waals surface area contributed by atoms with E-state index in [4.69, 9.17) is 5.73 Å². The molecular formula is C5H11NO3S2. The molecule has 6 heteroatoms. The van der Waals surface area contributed by atoms with Gasteiger partial charge in [0.1, 0.15) is 9.84 Å². The summed E-state index contributed by atoms with van der Waals surface area (Å²) >= 11 is 1.23. The first-order valence-electron chi connectivity index (χ1n) is 2.95. The van der Waals surface area contributed by atoms with Crippen LogP contribution >= 0.6 is 11.8 Å². The van der Waals surface area contributed by atoms with E-state index in [1.165, 1.54) is 11.8 Å². The predicted molar refractivity (Wildman–Crippen MR) is 46.2 cm³/mol. The van der Waals surface area contributed by atoms with Gasteiger partial charge < -0.3 is 5.73 Å². The Morgan fingerprint density at radius 3 is 2.45 bits per heavy atom. The number of rotatable bonds is 5. The van der Waals surface area contributed by atoms with Gasteiger partial charge >= 0.3 is 0 Å². The lowest BCUT2D eigenvalue weighted by Gasteiger charge is -1.96. The van der Waals surface area contributed by atoms with Gasteiger partial charge in [-0.3, -0.25) is 4.79 Å². The molecule has 0 saturated carbocycles. The molecule has 0 aromatic carbocycles. The zero-order chi connectivity index (χ0) is 8.91. The highest BCUT2D eigenvalue weighted by Crippen LogP contribution is 1.99. The van der Waals surface area contributed by atoms with Crippen molar-refractivity contribution in [2.45, 2.75) is 0 Å². The van der Waals surface area contributed by atoms with Crippen molar-refractivity contribution in [2.75, 3.05) is 23.5 Å². The molecule has 0 saturated heterocycles. The van der Waals surface area contributed by atoms with Crippen molar-refractivity contribution < 1.29 is 13.2 Å². The maximum absolute atomic E-state index is 10.5. The van der Waals surface area contributed by atoms with E-state index in [0.717, 1.165) is 6.26 Å². The summed E-state index contributed by atoms with van der Waals surface area (Å²) in [6, 6.07) is 0. The number of carbonyl (C=O) groups is 1. The van der Waals surface area contributed by atoms with Crippen LogP contribution in [0.5, 0.6) is 0 Å². The molecule has 0 aromatic heterocycles. The maximum Gasteiger partial charge on any atom is 0.227 e. The van der Waals surface area contributed by atoms with Crippen LogP contribution in [-0.2, 0) is 14.6 Å². The number of sulfone groups is 1. The Morgan fingerprint density at radius 1 is 1.55 bits per heavy atom. The van der Waals surface area contributed by atoms with Crippen molar-refractivity contribution in [1.29, 1.82) is 0 Å². The van der Waals surface area contributed by atoms with Gasteiger partial charge in [0.15, 0.2) is 0 Å². The van der Waals surface area contributed by atoms with Crippen LogP contribution in [0, 0.1) is 0 Å². The standard InChI is InChI=1S/C5H11NO3S2/c1-11(8,9)3-2-10-4-5(6)7/h2-4H2,1H3,(H2,6,7). The molecular weight excluding hydrogens is 186 g/mol. The van der Waals surface area contributed by atoms with Crippen LogP contribution in [0.4, 0.5) is 0 Å². The van der Waals surface area contributed by atoms with Crippen LogP contribution in [-0.4, -0.2) is 37.8 Å². The highest BCUT2D eigenvalue weighted by Gasteiger charge is 2.01. The average molecular weight is 197 g/mol. The van der Waals surface area contributed by atoms with E-state index in [1.807, 2.05) is 0 Å². The highest BCUT2D eigenvalue weighted by atomic mass is 32.2.